The molecule has 1 amide bonds. The highest BCUT2D eigenvalue weighted by Gasteiger charge is 2.14. The van der Waals surface area contributed by atoms with E-state index in [1.165, 1.54) is 19.2 Å². The Kier molecular flexibility index (Phi) is 5.66. The van der Waals surface area contributed by atoms with Crippen LogP contribution in [0.25, 0.3) is 0 Å². The Morgan fingerprint density at radius 1 is 1.37 bits per heavy atom. The summed E-state index contributed by atoms with van der Waals surface area (Å²) in [6.07, 6.45) is 0.848. The zero-order valence-electron chi connectivity index (χ0n) is 11.1. The molecule has 104 valence electrons. The molecule has 1 aromatic carbocycles. The molecular weight excluding hydrogens is 248 g/mol. The third-order valence-electron chi connectivity index (χ3n) is 2.34. The Labute approximate surface area is 111 Å². The number of ether oxygens (including phenoxy) is 2. The highest BCUT2D eigenvalue weighted by Crippen LogP contribution is 2.22. The second-order valence-corrected chi connectivity index (χ2v) is 3.89. The van der Waals surface area contributed by atoms with Crippen molar-refractivity contribution in [3.05, 3.63) is 23.8 Å². The van der Waals surface area contributed by atoms with Crippen LogP contribution in [0, 0.1) is 0 Å². The molecule has 3 N–H and O–H groups in total. The first-order valence-electron chi connectivity index (χ1n) is 5.95. The van der Waals surface area contributed by atoms with Crippen LogP contribution < -0.4 is 15.8 Å². The largest absolute Gasteiger partial charge is 0.483 e. The highest BCUT2D eigenvalue weighted by molar-refractivity contribution is 5.93. The number of carbonyl (C=O) groups is 2. The number of hydrogen-bond donors (Lipinski definition) is 2. The van der Waals surface area contributed by atoms with Gasteiger partial charge in [-0.3, -0.25) is 4.79 Å². The maximum atomic E-state index is 11.5. The van der Waals surface area contributed by atoms with Crippen molar-refractivity contribution in [1.82, 2.24) is 5.32 Å². The average Bonchev–Trinajstić information content (AvgIpc) is 2.42. The van der Waals surface area contributed by atoms with Crippen LogP contribution in [0.4, 0.5) is 5.69 Å². The molecule has 19 heavy (non-hydrogen) atoms. The van der Waals surface area contributed by atoms with Gasteiger partial charge in [-0.25, -0.2) is 4.79 Å². The van der Waals surface area contributed by atoms with E-state index in [1.807, 2.05) is 6.92 Å². The predicted octanol–water partition coefficient (Wildman–Crippen LogP) is 0.960. The quantitative estimate of drug-likeness (QED) is 0.591. The number of amides is 1. The lowest BCUT2D eigenvalue weighted by Crippen LogP contribution is -2.29. The highest BCUT2D eigenvalue weighted by atomic mass is 16.5. The zero-order chi connectivity index (χ0) is 14.3. The molecule has 6 heteroatoms. The first kappa shape index (κ1) is 14.8. The molecule has 0 aliphatic heterocycles. The van der Waals surface area contributed by atoms with Crippen LogP contribution >= 0.6 is 0 Å². The van der Waals surface area contributed by atoms with E-state index >= 15 is 0 Å². The summed E-state index contributed by atoms with van der Waals surface area (Å²) in [6.45, 7) is 2.39. The number of benzene rings is 1. The van der Waals surface area contributed by atoms with Gasteiger partial charge in [0, 0.05) is 12.2 Å². The maximum absolute atomic E-state index is 11.5. The van der Waals surface area contributed by atoms with E-state index in [-0.39, 0.29) is 23.8 Å². The number of carbonyl (C=O) groups excluding carboxylic acids is 2. The van der Waals surface area contributed by atoms with Crippen molar-refractivity contribution >= 4 is 17.6 Å². The van der Waals surface area contributed by atoms with E-state index in [0.717, 1.165) is 6.42 Å². The third kappa shape index (κ3) is 4.50. The van der Waals surface area contributed by atoms with E-state index in [9.17, 15) is 9.59 Å². The molecule has 0 unspecified atom stereocenters. The van der Waals surface area contributed by atoms with Gasteiger partial charge in [0.1, 0.15) is 11.3 Å². The Balaban J connectivity index is 2.72. The summed E-state index contributed by atoms with van der Waals surface area (Å²) in [5.41, 5.74) is 6.22. The lowest BCUT2D eigenvalue weighted by Gasteiger charge is -2.10. The summed E-state index contributed by atoms with van der Waals surface area (Å²) >= 11 is 0. The Hall–Kier alpha value is -2.24. The minimum Gasteiger partial charge on any atom is -0.483 e. The molecule has 0 spiro atoms. The number of esters is 1. The molecular formula is C13H18N2O4. The van der Waals surface area contributed by atoms with Gasteiger partial charge >= 0.3 is 5.97 Å². The van der Waals surface area contributed by atoms with Crippen molar-refractivity contribution in [2.24, 2.45) is 0 Å². The lowest BCUT2D eigenvalue weighted by atomic mass is 10.2. The van der Waals surface area contributed by atoms with Crippen LogP contribution in [0.3, 0.4) is 0 Å². The minimum atomic E-state index is -0.559. The van der Waals surface area contributed by atoms with E-state index < -0.39 is 5.97 Å². The van der Waals surface area contributed by atoms with Gasteiger partial charge in [-0.15, -0.1) is 0 Å². The molecule has 1 aromatic rings. The van der Waals surface area contributed by atoms with Crippen molar-refractivity contribution in [2.45, 2.75) is 13.3 Å². The number of anilines is 1. The summed E-state index contributed by atoms with van der Waals surface area (Å²) in [5.74, 6) is -0.529. The molecule has 0 aliphatic rings. The standard InChI is InChI=1S/C13H18N2O4/c1-3-6-15-12(16)8-19-11-5-4-9(14)7-10(11)13(17)18-2/h4-5,7H,3,6,8,14H2,1-2H3,(H,15,16). The van der Waals surface area contributed by atoms with Crippen LogP contribution in [0.15, 0.2) is 18.2 Å². The first-order chi connectivity index (χ1) is 9.08. The normalized spacial score (nSPS) is 9.79. The molecule has 0 heterocycles. The van der Waals surface area contributed by atoms with Crippen molar-refractivity contribution in [1.29, 1.82) is 0 Å². The fraction of sp³-hybridized carbons (Fsp3) is 0.385. The molecule has 6 nitrogen and oxygen atoms in total. The van der Waals surface area contributed by atoms with Gasteiger partial charge in [0.2, 0.25) is 0 Å². The summed E-state index contributed by atoms with van der Waals surface area (Å²) in [5, 5.41) is 2.67. The molecule has 0 saturated heterocycles. The smallest absolute Gasteiger partial charge is 0.341 e. The number of nitrogens with two attached hydrogens (primary N) is 1. The molecule has 0 radical (unpaired) electrons. The number of rotatable bonds is 6. The molecule has 1 rings (SSSR count). The van der Waals surface area contributed by atoms with E-state index in [0.29, 0.717) is 12.2 Å². The number of nitrogens with one attached hydrogen (secondary N) is 1. The van der Waals surface area contributed by atoms with Crippen LogP contribution in [-0.2, 0) is 9.53 Å². The Bertz CT molecular complexity index is 460. The first-order valence-corrected chi connectivity index (χ1v) is 5.95. The van der Waals surface area contributed by atoms with Gasteiger partial charge in [-0.2, -0.15) is 0 Å². The third-order valence-corrected chi connectivity index (χ3v) is 2.34. The van der Waals surface area contributed by atoms with Gasteiger partial charge in [0.25, 0.3) is 5.91 Å². The average molecular weight is 266 g/mol. The van der Waals surface area contributed by atoms with Crippen molar-refractivity contribution in [3.8, 4) is 5.75 Å². The Morgan fingerprint density at radius 3 is 2.74 bits per heavy atom. The maximum Gasteiger partial charge on any atom is 0.341 e. The zero-order valence-corrected chi connectivity index (χ0v) is 11.1. The lowest BCUT2D eigenvalue weighted by molar-refractivity contribution is -0.123. The van der Waals surface area contributed by atoms with Crippen molar-refractivity contribution in [3.63, 3.8) is 0 Å². The van der Waals surface area contributed by atoms with Crippen LogP contribution in [0.2, 0.25) is 0 Å². The summed E-state index contributed by atoms with van der Waals surface area (Å²) in [7, 11) is 1.27. The molecule has 0 bridgehead atoms. The molecule has 0 fully saturated rings. The van der Waals surface area contributed by atoms with Crippen LogP contribution in [0.5, 0.6) is 5.75 Å². The molecule has 0 aliphatic carbocycles. The molecule has 0 saturated carbocycles. The van der Waals surface area contributed by atoms with Crippen LogP contribution in [-0.4, -0.2) is 32.1 Å². The van der Waals surface area contributed by atoms with Gasteiger partial charge in [0.15, 0.2) is 6.61 Å². The predicted molar refractivity (Wildman–Crippen MR) is 71.0 cm³/mol. The van der Waals surface area contributed by atoms with Crippen molar-refractivity contribution < 1.29 is 19.1 Å². The van der Waals surface area contributed by atoms with Gasteiger partial charge in [-0.05, 0) is 24.6 Å². The van der Waals surface area contributed by atoms with E-state index in [2.05, 4.69) is 10.1 Å². The fourth-order valence-electron chi connectivity index (χ4n) is 1.40. The Morgan fingerprint density at radius 2 is 2.11 bits per heavy atom. The SMILES string of the molecule is CCCNC(=O)COc1ccc(N)cc1C(=O)OC. The number of methoxy groups -OCH3 is 1. The number of hydrogen-bond acceptors (Lipinski definition) is 5. The summed E-state index contributed by atoms with van der Waals surface area (Å²) in [6, 6.07) is 4.57. The van der Waals surface area contributed by atoms with Crippen molar-refractivity contribution in [2.75, 3.05) is 26.0 Å². The van der Waals surface area contributed by atoms with E-state index in [4.69, 9.17) is 10.5 Å². The summed E-state index contributed by atoms with van der Waals surface area (Å²) < 4.78 is 9.93. The second kappa shape index (κ2) is 7.25. The van der Waals surface area contributed by atoms with Gasteiger partial charge in [-0.1, -0.05) is 6.92 Å². The van der Waals surface area contributed by atoms with Gasteiger partial charge in [0.05, 0.1) is 7.11 Å². The van der Waals surface area contributed by atoms with Crippen LogP contribution in [0.1, 0.15) is 23.7 Å². The topological polar surface area (TPSA) is 90.6 Å². The van der Waals surface area contributed by atoms with E-state index in [1.54, 1.807) is 6.07 Å². The summed E-state index contributed by atoms with van der Waals surface area (Å²) in [4.78, 5) is 23.0. The van der Waals surface area contributed by atoms with Gasteiger partial charge < -0.3 is 20.5 Å². The number of nitrogen functional groups attached to an aromatic ring is 1. The molecule has 0 aromatic heterocycles. The monoisotopic (exact) mass is 266 g/mol. The second-order valence-electron chi connectivity index (χ2n) is 3.89. The molecule has 0 atom stereocenters. The minimum absolute atomic E-state index is 0.159. The fourth-order valence-corrected chi connectivity index (χ4v) is 1.40.